The molecule has 0 radical (unpaired) electrons. The maximum Gasteiger partial charge on any atom is 0.310 e. The van der Waals surface area contributed by atoms with E-state index in [2.05, 4.69) is 0 Å². The lowest BCUT2D eigenvalue weighted by Crippen LogP contribution is -2.41. The number of carbonyl (C=O) groups is 2. The van der Waals surface area contributed by atoms with E-state index in [-0.39, 0.29) is 11.9 Å². The fraction of sp³-hybridized carbons (Fsp3) is 0.438. The lowest BCUT2D eigenvalue weighted by Gasteiger charge is -2.27. The topological polar surface area (TPSA) is 56.5 Å². The van der Waals surface area contributed by atoms with Crippen LogP contribution in [0.4, 0.5) is 0 Å². The number of rotatable bonds is 3. The highest BCUT2D eigenvalue weighted by molar-refractivity contribution is 5.84. The van der Waals surface area contributed by atoms with Gasteiger partial charge in [-0.05, 0) is 18.9 Å². The van der Waals surface area contributed by atoms with Crippen molar-refractivity contribution in [1.82, 2.24) is 0 Å². The van der Waals surface area contributed by atoms with E-state index < -0.39 is 11.8 Å². The fourth-order valence-corrected chi connectivity index (χ4v) is 2.82. The summed E-state index contributed by atoms with van der Waals surface area (Å²) in [4.78, 5) is 23.9. The molecule has 0 unspecified atom stereocenters. The van der Waals surface area contributed by atoms with Crippen LogP contribution in [0, 0.1) is 11.8 Å². The van der Waals surface area contributed by atoms with Gasteiger partial charge in [-0.25, -0.2) is 0 Å². The molecule has 21 heavy (non-hydrogen) atoms. The molecule has 0 aliphatic heterocycles. The Morgan fingerprint density at radius 1 is 1.00 bits per heavy atom. The molecule has 0 amide bonds. The fourth-order valence-electron chi connectivity index (χ4n) is 2.82. The Labute approximate surface area is 124 Å². The van der Waals surface area contributed by atoms with Crippen molar-refractivity contribution < 1.29 is 23.6 Å². The van der Waals surface area contributed by atoms with Gasteiger partial charge in [0.05, 0.1) is 26.1 Å². The smallest absolute Gasteiger partial charge is 0.310 e. The van der Waals surface area contributed by atoms with Crippen LogP contribution in [0.5, 0.6) is 0 Å². The maximum absolute atomic E-state index is 12.0. The summed E-state index contributed by atoms with van der Waals surface area (Å²) in [6.45, 7) is 1.98. The molecule has 0 N–H and O–H groups in total. The second-order valence-electron chi connectivity index (χ2n) is 5.18. The lowest BCUT2D eigenvalue weighted by molar-refractivity contribution is -0.585. The number of ether oxygens (including phenoxy) is 2. The van der Waals surface area contributed by atoms with Crippen molar-refractivity contribution in [3.8, 4) is 0 Å². The molecule has 2 atom stereocenters. The van der Waals surface area contributed by atoms with E-state index in [4.69, 9.17) is 9.47 Å². The lowest BCUT2D eigenvalue weighted by atomic mass is 9.78. The first kappa shape index (κ1) is 15.2. The molecular formula is C16H20NO4+. The standard InChI is InChI=1S/C16H20NO4/c1-11-9-12(15(18)20-2)13(16(19)21-3)10-14(11)17-7-5-4-6-8-17/h4-8,12-13H,9-10H2,1-3H3/q+1/t12-,13-/m0/s1. The Morgan fingerprint density at radius 3 is 2.05 bits per heavy atom. The van der Waals surface area contributed by atoms with E-state index >= 15 is 0 Å². The summed E-state index contributed by atoms with van der Waals surface area (Å²) in [7, 11) is 2.69. The van der Waals surface area contributed by atoms with Crippen LogP contribution >= 0.6 is 0 Å². The van der Waals surface area contributed by atoms with Gasteiger partial charge in [-0.1, -0.05) is 6.07 Å². The zero-order valence-electron chi connectivity index (χ0n) is 12.5. The molecule has 0 aromatic carbocycles. The number of carbonyl (C=O) groups excluding carboxylic acids is 2. The first-order chi connectivity index (χ1) is 10.1. The summed E-state index contributed by atoms with van der Waals surface area (Å²) >= 11 is 0. The maximum atomic E-state index is 12.0. The van der Waals surface area contributed by atoms with Gasteiger partial charge in [-0.3, -0.25) is 9.59 Å². The van der Waals surface area contributed by atoms with Gasteiger partial charge in [0.1, 0.15) is 0 Å². The van der Waals surface area contributed by atoms with Crippen LogP contribution in [0.15, 0.2) is 36.2 Å². The molecule has 0 saturated carbocycles. The average molecular weight is 290 g/mol. The molecule has 5 nitrogen and oxygen atoms in total. The molecule has 112 valence electrons. The van der Waals surface area contributed by atoms with Crippen LogP contribution < -0.4 is 4.57 Å². The minimum absolute atomic E-state index is 0.359. The van der Waals surface area contributed by atoms with E-state index in [1.807, 2.05) is 42.1 Å². The predicted molar refractivity (Wildman–Crippen MR) is 75.8 cm³/mol. The molecule has 1 heterocycles. The number of aromatic nitrogens is 1. The highest BCUT2D eigenvalue weighted by Gasteiger charge is 2.42. The van der Waals surface area contributed by atoms with Crippen molar-refractivity contribution in [1.29, 1.82) is 0 Å². The average Bonchev–Trinajstić information content (AvgIpc) is 2.53. The largest absolute Gasteiger partial charge is 0.469 e. The Bertz CT molecular complexity index is 565. The van der Waals surface area contributed by atoms with Crippen molar-refractivity contribution in [2.24, 2.45) is 11.8 Å². The van der Waals surface area contributed by atoms with Gasteiger partial charge < -0.3 is 9.47 Å². The molecule has 1 aromatic rings. The zero-order valence-corrected chi connectivity index (χ0v) is 12.5. The van der Waals surface area contributed by atoms with Crippen molar-refractivity contribution >= 4 is 17.6 Å². The summed E-state index contributed by atoms with van der Waals surface area (Å²) < 4.78 is 11.7. The van der Waals surface area contributed by atoms with Crippen molar-refractivity contribution in [2.45, 2.75) is 19.8 Å². The van der Waals surface area contributed by atoms with Crippen LogP contribution in [0.25, 0.3) is 5.70 Å². The SMILES string of the molecule is COC(=O)[C@H]1CC(C)=C([n+]2ccccc2)C[C@@H]1C(=O)OC. The predicted octanol–water partition coefficient (Wildman–Crippen LogP) is 1.58. The quantitative estimate of drug-likeness (QED) is 0.626. The summed E-state index contributed by atoms with van der Waals surface area (Å²) in [5, 5.41) is 0. The zero-order chi connectivity index (χ0) is 15.4. The number of hydrogen-bond acceptors (Lipinski definition) is 4. The second kappa shape index (κ2) is 6.52. The van der Waals surface area contributed by atoms with Crippen molar-refractivity contribution in [3.63, 3.8) is 0 Å². The summed E-state index contributed by atoms with van der Waals surface area (Å²) in [5.74, 6) is -1.71. The third-order valence-electron chi connectivity index (χ3n) is 3.95. The summed E-state index contributed by atoms with van der Waals surface area (Å²) in [5.41, 5.74) is 2.12. The normalized spacial score (nSPS) is 21.9. The van der Waals surface area contributed by atoms with E-state index in [9.17, 15) is 9.59 Å². The Hall–Kier alpha value is -2.17. The number of hydrogen-bond donors (Lipinski definition) is 0. The van der Waals surface area contributed by atoms with Gasteiger partial charge >= 0.3 is 11.9 Å². The highest BCUT2D eigenvalue weighted by atomic mass is 16.5. The number of allylic oxidation sites excluding steroid dienone is 2. The van der Waals surface area contributed by atoms with E-state index in [0.29, 0.717) is 12.8 Å². The molecule has 1 aromatic heterocycles. The molecule has 0 spiro atoms. The summed E-state index contributed by atoms with van der Waals surface area (Å²) in [6, 6.07) is 5.80. The number of pyridine rings is 1. The molecule has 0 bridgehead atoms. The molecule has 2 rings (SSSR count). The minimum Gasteiger partial charge on any atom is -0.469 e. The first-order valence-electron chi connectivity index (χ1n) is 6.89. The van der Waals surface area contributed by atoms with E-state index in [1.165, 1.54) is 14.2 Å². The third-order valence-corrected chi connectivity index (χ3v) is 3.95. The third kappa shape index (κ3) is 3.12. The van der Waals surface area contributed by atoms with Crippen LogP contribution in [0.2, 0.25) is 0 Å². The Morgan fingerprint density at radius 2 is 1.52 bits per heavy atom. The van der Waals surface area contributed by atoms with Gasteiger partial charge in [0.25, 0.3) is 0 Å². The molecular weight excluding hydrogens is 270 g/mol. The van der Waals surface area contributed by atoms with Gasteiger partial charge in [0, 0.05) is 18.6 Å². The molecule has 0 fully saturated rings. The van der Waals surface area contributed by atoms with E-state index in [0.717, 1.165) is 11.3 Å². The number of esters is 2. The molecule has 5 heteroatoms. The molecule has 1 aliphatic rings. The molecule has 1 aliphatic carbocycles. The van der Waals surface area contributed by atoms with Gasteiger partial charge in [-0.15, -0.1) is 0 Å². The van der Waals surface area contributed by atoms with Gasteiger partial charge in [0.2, 0.25) is 0 Å². The number of nitrogens with zero attached hydrogens (tertiary/aromatic N) is 1. The Balaban J connectivity index is 2.37. The van der Waals surface area contributed by atoms with Crippen molar-refractivity contribution in [2.75, 3.05) is 14.2 Å². The van der Waals surface area contributed by atoms with Crippen LogP contribution in [0.1, 0.15) is 19.8 Å². The highest BCUT2D eigenvalue weighted by Crippen LogP contribution is 2.35. The minimum atomic E-state index is -0.506. The first-order valence-corrected chi connectivity index (χ1v) is 6.89. The van der Waals surface area contributed by atoms with Gasteiger partial charge in [-0.2, -0.15) is 4.57 Å². The van der Waals surface area contributed by atoms with Crippen molar-refractivity contribution in [3.05, 3.63) is 36.2 Å². The molecule has 0 saturated heterocycles. The van der Waals surface area contributed by atoms with Crippen LogP contribution in [0.3, 0.4) is 0 Å². The second-order valence-corrected chi connectivity index (χ2v) is 5.18. The number of methoxy groups -OCH3 is 2. The van der Waals surface area contributed by atoms with Crippen LogP contribution in [-0.4, -0.2) is 26.2 Å². The summed E-state index contributed by atoms with van der Waals surface area (Å²) in [6.07, 6.45) is 4.84. The van der Waals surface area contributed by atoms with Crippen LogP contribution in [-0.2, 0) is 19.1 Å². The van der Waals surface area contributed by atoms with E-state index in [1.54, 1.807) is 0 Å². The monoisotopic (exact) mass is 290 g/mol. The Kier molecular flexibility index (Phi) is 4.73. The van der Waals surface area contributed by atoms with Gasteiger partial charge in [0.15, 0.2) is 18.1 Å².